The summed E-state index contributed by atoms with van der Waals surface area (Å²) in [6, 6.07) is 9.22. The Bertz CT molecular complexity index is 1070. The van der Waals surface area contributed by atoms with Crippen molar-refractivity contribution in [2.45, 2.75) is 11.8 Å². The van der Waals surface area contributed by atoms with Crippen molar-refractivity contribution in [1.29, 1.82) is 0 Å². The number of aromatic nitrogens is 3. The molecule has 0 bridgehead atoms. The van der Waals surface area contributed by atoms with Gasteiger partial charge in [-0.3, -0.25) is 9.67 Å². The zero-order valence-electron chi connectivity index (χ0n) is 16.0. The van der Waals surface area contributed by atoms with Crippen LogP contribution in [0.5, 0.6) is 0 Å². The Morgan fingerprint density at radius 3 is 2.32 bits per heavy atom. The van der Waals surface area contributed by atoms with E-state index in [0.29, 0.717) is 31.1 Å². The monoisotopic (exact) mass is 397 g/mol. The SMILES string of the molecule is Cc1cc(S(=O)(=O)N2CCN(c3ccncc3)CC2)ccc1-c1cnn(C)c1. The van der Waals surface area contributed by atoms with Crippen LogP contribution in [0.4, 0.5) is 5.69 Å². The molecule has 0 atom stereocenters. The molecule has 2 aromatic heterocycles. The van der Waals surface area contributed by atoms with E-state index in [0.717, 1.165) is 22.4 Å². The summed E-state index contributed by atoms with van der Waals surface area (Å²) in [4.78, 5) is 6.56. The van der Waals surface area contributed by atoms with Crippen LogP contribution < -0.4 is 4.90 Å². The third-order valence-corrected chi connectivity index (χ3v) is 7.01. The number of nitrogens with zero attached hydrogens (tertiary/aromatic N) is 5. The minimum Gasteiger partial charge on any atom is -0.369 e. The van der Waals surface area contributed by atoms with E-state index in [2.05, 4.69) is 15.0 Å². The lowest BCUT2D eigenvalue weighted by Gasteiger charge is -2.35. The molecule has 0 unspecified atom stereocenters. The number of hydrogen-bond acceptors (Lipinski definition) is 5. The van der Waals surface area contributed by atoms with Gasteiger partial charge in [-0.15, -0.1) is 0 Å². The quantitative estimate of drug-likeness (QED) is 0.676. The van der Waals surface area contributed by atoms with Gasteiger partial charge >= 0.3 is 0 Å². The molecule has 0 aliphatic carbocycles. The van der Waals surface area contributed by atoms with Gasteiger partial charge in [-0.05, 0) is 42.3 Å². The van der Waals surface area contributed by atoms with Crippen LogP contribution in [0.3, 0.4) is 0 Å². The van der Waals surface area contributed by atoms with E-state index in [1.54, 1.807) is 39.7 Å². The van der Waals surface area contributed by atoms with Crippen molar-refractivity contribution in [2.75, 3.05) is 31.1 Å². The van der Waals surface area contributed by atoms with E-state index in [9.17, 15) is 8.42 Å². The first-order valence-corrected chi connectivity index (χ1v) is 10.6. The maximum absolute atomic E-state index is 13.1. The molecule has 0 spiro atoms. The molecule has 0 radical (unpaired) electrons. The largest absolute Gasteiger partial charge is 0.369 e. The molecule has 1 fully saturated rings. The van der Waals surface area contributed by atoms with Crippen LogP contribution in [-0.2, 0) is 17.1 Å². The summed E-state index contributed by atoms with van der Waals surface area (Å²) in [6.45, 7) is 4.19. The van der Waals surface area contributed by atoms with Gasteiger partial charge in [0.2, 0.25) is 10.0 Å². The Balaban J connectivity index is 1.52. The number of benzene rings is 1. The van der Waals surface area contributed by atoms with Gasteiger partial charge in [-0.2, -0.15) is 9.40 Å². The van der Waals surface area contributed by atoms with Gasteiger partial charge in [0.05, 0.1) is 11.1 Å². The second kappa shape index (κ2) is 7.37. The number of aryl methyl sites for hydroxylation is 2. The summed E-state index contributed by atoms with van der Waals surface area (Å²) in [5.74, 6) is 0. The highest BCUT2D eigenvalue weighted by atomic mass is 32.2. The molecule has 8 heteroatoms. The van der Waals surface area contributed by atoms with Gasteiger partial charge in [0.25, 0.3) is 0 Å². The molecular formula is C20H23N5O2S. The van der Waals surface area contributed by atoms with Crippen molar-refractivity contribution < 1.29 is 8.42 Å². The van der Waals surface area contributed by atoms with Crippen molar-refractivity contribution in [2.24, 2.45) is 7.05 Å². The molecule has 3 aromatic rings. The van der Waals surface area contributed by atoms with E-state index in [4.69, 9.17) is 0 Å². The minimum atomic E-state index is -3.51. The molecule has 7 nitrogen and oxygen atoms in total. The summed E-state index contributed by atoms with van der Waals surface area (Å²) in [7, 11) is -1.65. The van der Waals surface area contributed by atoms with Gasteiger partial charge in [-0.25, -0.2) is 8.42 Å². The molecule has 0 saturated carbocycles. The van der Waals surface area contributed by atoms with Gasteiger partial charge in [0, 0.05) is 63.1 Å². The zero-order valence-corrected chi connectivity index (χ0v) is 16.8. The number of anilines is 1. The smallest absolute Gasteiger partial charge is 0.243 e. The number of pyridine rings is 1. The van der Waals surface area contributed by atoms with Gasteiger partial charge < -0.3 is 4.90 Å². The Morgan fingerprint density at radius 1 is 1.00 bits per heavy atom. The molecular weight excluding hydrogens is 374 g/mol. The maximum Gasteiger partial charge on any atom is 0.243 e. The Labute approximate surface area is 165 Å². The Hall–Kier alpha value is -2.71. The first-order chi connectivity index (χ1) is 13.4. The van der Waals surface area contributed by atoms with Gasteiger partial charge in [0.15, 0.2) is 0 Å². The molecule has 4 rings (SSSR count). The first-order valence-electron chi connectivity index (χ1n) is 9.20. The second-order valence-corrected chi connectivity index (χ2v) is 8.91. The highest BCUT2D eigenvalue weighted by Gasteiger charge is 2.29. The highest BCUT2D eigenvalue weighted by molar-refractivity contribution is 7.89. The summed E-state index contributed by atoms with van der Waals surface area (Å²) >= 11 is 0. The summed E-state index contributed by atoms with van der Waals surface area (Å²) in [5, 5.41) is 4.19. The molecule has 1 aromatic carbocycles. The van der Waals surface area contributed by atoms with Gasteiger partial charge in [0.1, 0.15) is 0 Å². The number of rotatable bonds is 4. The normalized spacial score (nSPS) is 15.7. The van der Waals surface area contributed by atoms with Crippen LogP contribution >= 0.6 is 0 Å². The predicted molar refractivity (Wildman–Crippen MR) is 109 cm³/mol. The minimum absolute atomic E-state index is 0.343. The van der Waals surface area contributed by atoms with Crippen LogP contribution in [0.15, 0.2) is 60.0 Å². The maximum atomic E-state index is 13.1. The number of hydrogen-bond donors (Lipinski definition) is 0. The third-order valence-electron chi connectivity index (χ3n) is 5.12. The molecule has 3 heterocycles. The lowest BCUT2D eigenvalue weighted by Crippen LogP contribution is -2.48. The summed E-state index contributed by atoms with van der Waals surface area (Å²) < 4.78 is 29.5. The average molecular weight is 398 g/mol. The Kier molecular flexibility index (Phi) is 4.91. The standard InChI is InChI=1S/C20H23N5O2S/c1-16-13-19(3-4-20(16)17-14-22-23(2)15-17)28(26,27)25-11-9-24(10-12-25)18-5-7-21-8-6-18/h3-8,13-15H,9-12H2,1-2H3. The van der Waals surface area contributed by atoms with Gasteiger partial charge in [-0.1, -0.05) is 6.07 Å². The van der Waals surface area contributed by atoms with Crippen LogP contribution in [-0.4, -0.2) is 53.7 Å². The van der Waals surface area contributed by atoms with E-state index < -0.39 is 10.0 Å². The van der Waals surface area contributed by atoms with E-state index in [1.807, 2.05) is 38.4 Å². The molecule has 1 aliphatic heterocycles. The van der Waals surface area contributed by atoms with Crippen molar-refractivity contribution >= 4 is 15.7 Å². The van der Waals surface area contributed by atoms with Crippen molar-refractivity contribution in [1.82, 2.24) is 19.1 Å². The Morgan fingerprint density at radius 2 is 1.71 bits per heavy atom. The van der Waals surface area contributed by atoms with Crippen LogP contribution in [0.1, 0.15) is 5.56 Å². The van der Waals surface area contributed by atoms with Crippen molar-refractivity contribution in [3.05, 3.63) is 60.7 Å². The molecule has 146 valence electrons. The average Bonchev–Trinajstić information content (AvgIpc) is 3.14. The second-order valence-electron chi connectivity index (χ2n) is 6.98. The third kappa shape index (κ3) is 3.53. The molecule has 1 aliphatic rings. The van der Waals surface area contributed by atoms with Crippen LogP contribution in [0.25, 0.3) is 11.1 Å². The van der Waals surface area contributed by atoms with E-state index in [1.165, 1.54) is 0 Å². The fraction of sp³-hybridized carbons (Fsp3) is 0.300. The van der Waals surface area contributed by atoms with Crippen molar-refractivity contribution in [3.8, 4) is 11.1 Å². The summed E-state index contributed by atoms with van der Waals surface area (Å²) in [6.07, 6.45) is 7.22. The lowest BCUT2D eigenvalue weighted by molar-refractivity contribution is 0.385. The number of piperazine rings is 1. The van der Waals surface area contributed by atoms with Crippen molar-refractivity contribution in [3.63, 3.8) is 0 Å². The van der Waals surface area contributed by atoms with E-state index in [-0.39, 0.29) is 0 Å². The molecule has 28 heavy (non-hydrogen) atoms. The summed E-state index contributed by atoms with van der Waals surface area (Å²) in [5.41, 5.74) is 3.97. The molecule has 1 saturated heterocycles. The fourth-order valence-electron chi connectivity index (χ4n) is 3.57. The molecule has 0 N–H and O–H groups in total. The van der Waals surface area contributed by atoms with Crippen LogP contribution in [0, 0.1) is 6.92 Å². The topological polar surface area (TPSA) is 71.3 Å². The predicted octanol–water partition coefficient (Wildman–Crippen LogP) is 2.30. The first kappa shape index (κ1) is 18.6. The highest BCUT2D eigenvalue weighted by Crippen LogP contribution is 2.27. The zero-order chi connectivity index (χ0) is 19.7. The number of sulfonamides is 1. The van der Waals surface area contributed by atoms with E-state index >= 15 is 0 Å². The lowest BCUT2D eigenvalue weighted by atomic mass is 10.0. The molecule has 0 amide bonds. The van der Waals surface area contributed by atoms with Crippen LogP contribution in [0.2, 0.25) is 0 Å². The fourth-order valence-corrected chi connectivity index (χ4v) is 5.08.